The number of benzene rings is 1. The second kappa shape index (κ2) is 8.96. The van der Waals surface area contributed by atoms with Gasteiger partial charge in [-0.25, -0.2) is 4.79 Å². The molecule has 0 radical (unpaired) electrons. The molecule has 0 saturated carbocycles. The molecule has 1 amide bonds. The van der Waals surface area contributed by atoms with Gasteiger partial charge in [0.25, 0.3) is 5.91 Å². The van der Waals surface area contributed by atoms with E-state index in [1.807, 2.05) is 26.0 Å². The lowest BCUT2D eigenvalue weighted by Gasteiger charge is -2.14. The fourth-order valence-electron chi connectivity index (χ4n) is 2.96. The summed E-state index contributed by atoms with van der Waals surface area (Å²) >= 11 is 0. The van der Waals surface area contributed by atoms with E-state index in [0.717, 1.165) is 17.4 Å². The van der Waals surface area contributed by atoms with Crippen molar-refractivity contribution in [1.82, 2.24) is 10.2 Å². The Bertz CT molecular complexity index is 1050. The van der Waals surface area contributed by atoms with Gasteiger partial charge >= 0.3 is 5.63 Å². The number of rotatable bonds is 8. The molecule has 0 saturated heterocycles. The van der Waals surface area contributed by atoms with Crippen LogP contribution in [0.3, 0.4) is 0 Å². The van der Waals surface area contributed by atoms with Gasteiger partial charge in [0, 0.05) is 37.7 Å². The third-order valence-corrected chi connectivity index (χ3v) is 4.59. The van der Waals surface area contributed by atoms with Crippen LogP contribution in [0.15, 0.2) is 50.0 Å². The summed E-state index contributed by atoms with van der Waals surface area (Å²) in [5.41, 5.74) is 1.14. The van der Waals surface area contributed by atoms with Gasteiger partial charge in [0.15, 0.2) is 5.76 Å². The summed E-state index contributed by atoms with van der Waals surface area (Å²) in [5, 5.41) is 4.22. The zero-order chi connectivity index (χ0) is 21.0. The molecule has 0 aliphatic heterocycles. The zero-order valence-electron chi connectivity index (χ0n) is 17.2. The summed E-state index contributed by atoms with van der Waals surface area (Å²) in [6.45, 7) is 4.90. The Balaban J connectivity index is 1.56. The number of furan rings is 1. The summed E-state index contributed by atoms with van der Waals surface area (Å²) in [4.78, 5) is 25.0. The van der Waals surface area contributed by atoms with Crippen LogP contribution in [-0.4, -0.2) is 37.6 Å². The maximum Gasteiger partial charge on any atom is 0.336 e. The number of carbonyl (C=O) groups is 1. The van der Waals surface area contributed by atoms with Crippen molar-refractivity contribution in [2.75, 3.05) is 20.7 Å². The van der Waals surface area contributed by atoms with Crippen molar-refractivity contribution < 1.29 is 18.4 Å². The number of hydrogen-bond acceptors (Lipinski definition) is 6. The number of nitrogens with zero attached hydrogens (tertiary/aromatic N) is 1. The van der Waals surface area contributed by atoms with Gasteiger partial charge in [-0.15, -0.1) is 0 Å². The highest BCUT2D eigenvalue weighted by atomic mass is 16.5. The first-order valence-corrected chi connectivity index (χ1v) is 9.60. The Labute approximate surface area is 169 Å². The fourth-order valence-corrected chi connectivity index (χ4v) is 2.96. The molecule has 0 bridgehead atoms. The highest BCUT2D eigenvalue weighted by Crippen LogP contribution is 2.23. The summed E-state index contributed by atoms with van der Waals surface area (Å²) in [7, 11) is 3.37. The molecule has 3 aromatic rings. The zero-order valence-corrected chi connectivity index (χ0v) is 17.2. The van der Waals surface area contributed by atoms with Gasteiger partial charge in [-0.3, -0.25) is 4.79 Å². The van der Waals surface area contributed by atoms with Crippen LogP contribution >= 0.6 is 0 Å². The molecule has 0 aliphatic carbocycles. The largest absolute Gasteiger partial charge is 0.492 e. The molecule has 2 aromatic heterocycles. The van der Waals surface area contributed by atoms with Crippen LogP contribution < -0.4 is 15.7 Å². The topological polar surface area (TPSA) is 84.9 Å². The molecular formula is C22H26N2O5. The molecule has 0 aliphatic rings. The van der Waals surface area contributed by atoms with E-state index < -0.39 is 0 Å². The van der Waals surface area contributed by atoms with Gasteiger partial charge < -0.3 is 23.8 Å². The van der Waals surface area contributed by atoms with Crippen LogP contribution in [0.4, 0.5) is 0 Å². The Morgan fingerprint density at radius 2 is 1.97 bits per heavy atom. The van der Waals surface area contributed by atoms with Crippen LogP contribution in [0.2, 0.25) is 0 Å². The average molecular weight is 398 g/mol. The lowest BCUT2D eigenvalue weighted by Crippen LogP contribution is -2.31. The van der Waals surface area contributed by atoms with Crippen molar-refractivity contribution >= 4 is 16.9 Å². The molecule has 0 fully saturated rings. The summed E-state index contributed by atoms with van der Waals surface area (Å²) in [6.07, 6.45) is 0.762. The molecule has 154 valence electrons. The molecule has 7 nitrogen and oxygen atoms in total. The molecule has 1 aromatic carbocycles. The summed E-state index contributed by atoms with van der Waals surface area (Å²) < 4.78 is 16.7. The maximum atomic E-state index is 11.9. The van der Waals surface area contributed by atoms with Crippen molar-refractivity contribution in [1.29, 1.82) is 0 Å². The standard InChI is InChI=1S/C22H26N2O5/c1-5-15-10-21(25)29-20-11-16(6-8-18(15)20)27-13-14(2)23-12-17-7-9-19(28-17)22(26)24(3)4/h6-11,14,23H,5,12-13H2,1-4H3. The molecule has 7 heteroatoms. The highest BCUT2D eigenvalue weighted by Gasteiger charge is 2.13. The van der Waals surface area contributed by atoms with E-state index in [0.29, 0.717) is 36.0 Å². The van der Waals surface area contributed by atoms with Crippen LogP contribution in [0, 0.1) is 0 Å². The maximum absolute atomic E-state index is 11.9. The Kier molecular flexibility index (Phi) is 6.39. The van der Waals surface area contributed by atoms with Crippen molar-refractivity contribution in [3.8, 4) is 5.75 Å². The lowest BCUT2D eigenvalue weighted by atomic mass is 10.1. The quantitative estimate of drug-likeness (QED) is 0.587. The van der Waals surface area contributed by atoms with E-state index in [9.17, 15) is 9.59 Å². The lowest BCUT2D eigenvalue weighted by molar-refractivity contribution is 0.0794. The van der Waals surface area contributed by atoms with Crippen LogP contribution in [0.25, 0.3) is 11.0 Å². The third-order valence-electron chi connectivity index (χ3n) is 4.59. The Morgan fingerprint density at radius 3 is 2.69 bits per heavy atom. The second-order valence-corrected chi connectivity index (χ2v) is 7.16. The molecule has 29 heavy (non-hydrogen) atoms. The molecule has 1 N–H and O–H groups in total. The predicted molar refractivity (Wildman–Crippen MR) is 110 cm³/mol. The summed E-state index contributed by atoms with van der Waals surface area (Å²) in [5.74, 6) is 1.47. The highest BCUT2D eigenvalue weighted by molar-refractivity contribution is 5.91. The Hall–Kier alpha value is -3.06. The number of ether oxygens (including phenoxy) is 1. The second-order valence-electron chi connectivity index (χ2n) is 7.16. The van der Waals surface area contributed by atoms with Crippen molar-refractivity contribution in [3.63, 3.8) is 0 Å². The smallest absolute Gasteiger partial charge is 0.336 e. The van der Waals surface area contributed by atoms with Gasteiger partial charge in [0.05, 0.1) is 6.54 Å². The van der Waals surface area contributed by atoms with E-state index in [2.05, 4.69) is 5.32 Å². The number of nitrogens with one attached hydrogen (secondary N) is 1. The molecule has 1 atom stereocenters. The van der Waals surface area contributed by atoms with Gasteiger partial charge in [-0.2, -0.15) is 0 Å². The summed E-state index contributed by atoms with van der Waals surface area (Å²) in [6, 6.07) is 10.6. The van der Waals surface area contributed by atoms with E-state index in [1.165, 1.54) is 11.0 Å². The predicted octanol–water partition coefficient (Wildman–Crippen LogP) is 3.21. The monoisotopic (exact) mass is 398 g/mol. The molecule has 0 spiro atoms. The first kappa shape index (κ1) is 20.7. The van der Waals surface area contributed by atoms with E-state index in [4.69, 9.17) is 13.6 Å². The van der Waals surface area contributed by atoms with E-state index in [1.54, 1.807) is 32.3 Å². The molecule has 1 unspecified atom stereocenters. The van der Waals surface area contributed by atoms with Gasteiger partial charge in [0.1, 0.15) is 23.7 Å². The number of aryl methyl sites for hydroxylation is 1. The minimum Gasteiger partial charge on any atom is -0.492 e. The number of carbonyl (C=O) groups excluding carboxylic acids is 1. The van der Waals surface area contributed by atoms with Gasteiger partial charge in [-0.1, -0.05) is 6.92 Å². The normalized spacial score (nSPS) is 12.1. The minimum atomic E-state index is -0.355. The van der Waals surface area contributed by atoms with Crippen LogP contribution in [0.5, 0.6) is 5.75 Å². The minimum absolute atomic E-state index is 0.0396. The van der Waals surface area contributed by atoms with E-state index >= 15 is 0 Å². The molecule has 3 rings (SSSR count). The average Bonchev–Trinajstić information content (AvgIpc) is 3.17. The molecule has 2 heterocycles. The number of fused-ring (bicyclic) bond motifs is 1. The Morgan fingerprint density at radius 1 is 1.17 bits per heavy atom. The van der Waals surface area contributed by atoms with Crippen LogP contribution in [0.1, 0.15) is 35.7 Å². The first-order valence-electron chi connectivity index (χ1n) is 9.60. The van der Waals surface area contributed by atoms with Crippen molar-refractivity contribution in [3.05, 3.63) is 63.9 Å². The van der Waals surface area contributed by atoms with Crippen molar-refractivity contribution in [2.45, 2.75) is 32.9 Å². The fraction of sp³-hybridized carbons (Fsp3) is 0.364. The number of hydrogen-bond donors (Lipinski definition) is 1. The SMILES string of the molecule is CCc1cc(=O)oc2cc(OCC(C)NCc3ccc(C(=O)N(C)C)o3)ccc12. The van der Waals surface area contributed by atoms with E-state index in [-0.39, 0.29) is 17.6 Å². The number of amides is 1. The van der Waals surface area contributed by atoms with Gasteiger partial charge in [0.2, 0.25) is 0 Å². The van der Waals surface area contributed by atoms with Gasteiger partial charge in [-0.05, 0) is 43.2 Å². The first-order chi connectivity index (χ1) is 13.9. The van der Waals surface area contributed by atoms with Crippen LogP contribution in [-0.2, 0) is 13.0 Å². The third kappa shape index (κ3) is 5.06. The molecular weight excluding hydrogens is 372 g/mol. The van der Waals surface area contributed by atoms with Crippen molar-refractivity contribution in [2.24, 2.45) is 0 Å².